The van der Waals surface area contributed by atoms with E-state index in [1.807, 2.05) is 54.1 Å². The number of carbonyl (C=O) groups is 2. The maximum absolute atomic E-state index is 12.5. The predicted octanol–water partition coefficient (Wildman–Crippen LogP) is 4.80. The third kappa shape index (κ3) is 4.33. The molecule has 0 bridgehead atoms. The van der Waals surface area contributed by atoms with Crippen LogP contribution in [-0.4, -0.2) is 28.3 Å². The minimum Gasteiger partial charge on any atom is -0.451 e. The number of rotatable bonds is 5. The van der Waals surface area contributed by atoms with Crippen LogP contribution in [0.15, 0.2) is 60.7 Å². The summed E-state index contributed by atoms with van der Waals surface area (Å²) in [5, 5.41) is 8.16. The number of aromatic nitrogens is 2. The number of nitrogens with zero attached hydrogens (tertiary/aromatic N) is 2. The second-order valence-electron chi connectivity index (χ2n) is 6.29. The van der Waals surface area contributed by atoms with Gasteiger partial charge in [0.2, 0.25) is 0 Å². The van der Waals surface area contributed by atoms with Crippen LogP contribution in [0.5, 0.6) is 0 Å². The lowest BCUT2D eigenvalue weighted by Gasteiger charge is -2.06. The van der Waals surface area contributed by atoms with E-state index in [2.05, 4.69) is 33.0 Å². The smallest absolute Gasteiger partial charge is 0.348 e. The molecule has 8 heteroatoms. The van der Waals surface area contributed by atoms with Gasteiger partial charge in [-0.05, 0) is 72.0 Å². The van der Waals surface area contributed by atoms with Crippen molar-refractivity contribution in [2.75, 3.05) is 11.9 Å². The lowest BCUT2D eigenvalue weighted by atomic mass is 10.3. The van der Waals surface area contributed by atoms with E-state index < -0.39 is 5.97 Å². The summed E-state index contributed by atoms with van der Waals surface area (Å²) in [6.07, 6.45) is 0. The van der Waals surface area contributed by atoms with E-state index >= 15 is 0 Å². The lowest BCUT2D eigenvalue weighted by molar-refractivity contribution is -0.119. The van der Waals surface area contributed by atoms with Crippen LogP contribution in [0, 0.1) is 10.5 Å². The molecule has 0 aliphatic heterocycles. The van der Waals surface area contributed by atoms with E-state index in [0.29, 0.717) is 10.6 Å². The Bertz CT molecular complexity index is 1180. The number of amides is 1. The summed E-state index contributed by atoms with van der Waals surface area (Å²) < 4.78 is 8.08. The zero-order valence-electron chi connectivity index (χ0n) is 15.4. The molecule has 2 heterocycles. The van der Waals surface area contributed by atoms with Crippen LogP contribution in [0.2, 0.25) is 0 Å². The Kier molecular flexibility index (Phi) is 5.63. The van der Waals surface area contributed by atoms with Crippen molar-refractivity contribution in [2.45, 2.75) is 6.92 Å². The van der Waals surface area contributed by atoms with Crippen LogP contribution in [0.1, 0.15) is 15.4 Å². The van der Waals surface area contributed by atoms with E-state index in [1.54, 1.807) is 18.2 Å². The largest absolute Gasteiger partial charge is 0.451 e. The zero-order chi connectivity index (χ0) is 20.4. The predicted molar refractivity (Wildman–Crippen MR) is 122 cm³/mol. The van der Waals surface area contributed by atoms with Crippen LogP contribution in [0.4, 0.5) is 5.69 Å². The Hall–Kier alpha value is -2.72. The number of hydrogen-bond donors (Lipinski definition) is 1. The molecule has 29 heavy (non-hydrogen) atoms. The van der Waals surface area contributed by atoms with Crippen LogP contribution in [-0.2, 0) is 9.53 Å². The van der Waals surface area contributed by atoms with Crippen molar-refractivity contribution in [3.8, 4) is 5.69 Å². The average Bonchev–Trinajstić information content (AvgIpc) is 3.29. The first kappa shape index (κ1) is 19.6. The quantitative estimate of drug-likeness (QED) is 0.305. The van der Waals surface area contributed by atoms with Gasteiger partial charge in [0.25, 0.3) is 5.91 Å². The monoisotopic (exact) mass is 517 g/mol. The van der Waals surface area contributed by atoms with Gasteiger partial charge in [0.1, 0.15) is 9.71 Å². The SMILES string of the molecule is Cc1nn(-c2ccccc2)c2sc(C(=O)OCC(=O)Nc3ccc(I)cc3)cc12. The fraction of sp³-hybridized carbons (Fsp3) is 0.0952. The van der Waals surface area contributed by atoms with Gasteiger partial charge < -0.3 is 10.1 Å². The highest BCUT2D eigenvalue weighted by Gasteiger charge is 2.19. The first-order valence-corrected chi connectivity index (χ1v) is 10.7. The molecule has 0 aliphatic carbocycles. The molecule has 0 saturated heterocycles. The Morgan fingerprint density at radius 2 is 1.86 bits per heavy atom. The van der Waals surface area contributed by atoms with Crippen molar-refractivity contribution >= 4 is 61.7 Å². The van der Waals surface area contributed by atoms with Crippen LogP contribution < -0.4 is 5.32 Å². The molecule has 0 aliphatic rings. The number of hydrogen-bond acceptors (Lipinski definition) is 5. The van der Waals surface area contributed by atoms with Gasteiger partial charge in [0, 0.05) is 14.6 Å². The van der Waals surface area contributed by atoms with Gasteiger partial charge in [-0.15, -0.1) is 11.3 Å². The number of thiophene rings is 1. The number of anilines is 1. The number of benzene rings is 2. The summed E-state index contributed by atoms with van der Waals surface area (Å²) in [6, 6.07) is 18.9. The summed E-state index contributed by atoms with van der Waals surface area (Å²) in [5.74, 6) is -0.907. The van der Waals surface area contributed by atoms with Crippen molar-refractivity contribution in [1.82, 2.24) is 9.78 Å². The summed E-state index contributed by atoms with van der Waals surface area (Å²) in [4.78, 5) is 25.8. The minimum atomic E-state index is -0.525. The number of carbonyl (C=O) groups excluding carboxylic acids is 2. The van der Waals surface area contributed by atoms with E-state index in [1.165, 1.54) is 11.3 Å². The summed E-state index contributed by atoms with van der Waals surface area (Å²) in [6.45, 7) is 1.56. The van der Waals surface area contributed by atoms with Gasteiger partial charge in [-0.1, -0.05) is 18.2 Å². The molecule has 0 saturated carbocycles. The molecule has 0 spiro atoms. The standard InChI is InChI=1S/C21H16IN3O3S/c1-13-17-11-18(29-20(17)25(24-13)16-5-3-2-4-6-16)21(27)28-12-19(26)23-15-9-7-14(22)8-10-15/h2-11H,12H2,1H3,(H,23,26). The zero-order valence-corrected chi connectivity index (χ0v) is 18.4. The number of para-hydroxylation sites is 1. The van der Waals surface area contributed by atoms with E-state index in [9.17, 15) is 9.59 Å². The lowest BCUT2D eigenvalue weighted by Crippen LogP contribution is -2.20. The van der Waals surface area contributed by atoms with Crippen molar-refractivity contribution in [3.05, 3.63) is 74.8 Å². The van der Waals surface area contributed by atoms with Gasteiger partial charge in [0.05, 0.1) is 11.4 Å². The van der Waals surface area contributed by atoms with Gasteiger partial charge in [-0.25, -0.2) is 9.48 Å². The molecular weight excluding hydrogens is 501 g/mol. The maximum Gasteiger partial charge on any atom is 0.348 e. The van der Waals surface area contributed by atoms with Gasteiger partial charge in [-0.3, -0.25) is 4.79 Å². The third-order valence-corrected chi connectivity index (χ3v) is 6.02. The number of ether oxygens (including phenoxy) is 1. The molecule has 0 radical (unpaired) electrons. The van der Waals surface area contributed by atoms with Gasteiger partial charge >= 0.3 is 5.97 Å². The molecule has 2 aromatic carbocycles. The Morgan fingerprint density at radius 1 is 1.14 bits per heavy atom. The first-order chi connectivity index (χ1) is 14.0. The Morgan fingerprint density at radius 3 is 2.59 bits per heavy atom. The molecule has 6 nitrogen and oxygen atoms in total. The van der Waals surface area contributed by atoms with Crippen molar-refractivity contribution in [2.24, 2.45) is 0 Å². The normalized spacial score (nSPS) is 10.8. The molecular formula is C21H16IN3O3S. The molecule has 0 atom stereocenters. The second kappa shape index (κ2) is 8.34. The van der Waals surface area contributed by atoms with Crippen molar-refractivity contribution < 1.29 is 14.3 Å². The number of nitrogens with one attached hydrogen (secondary N) is 1. The number of halogens is 1. The Labute approximate surface area is 184 Å². The fourth-order valence-electron chi connectivity index (χ4n) is 2.82. The second-order valence-corrected chi connectivity index (χ2v) is 8.57. The molecule has 1 N–H and O–H groups in total. The molecule has 1 amide bonds. The van der Waals surface area contributed by atoms with Gasteiger partial charge in [-0.2, -0.15) is 5.10 Å². The molecule has 4 aromatic rings. The van der Waals surface area contributed by atoms with E-state index in [4.69, 9.17) is 4.74 Å². The topological polar surface area (TPSA) is 73.2 Å². The minimum absolute atomic E-state index is 0.344. The first-order valence-electron chi connectivity index (χ1n) is 8.78. The van der Waals surface area contributed by atoms with Crippen LogP contribution in [0.25, 0.3) is 15.9 Å². The van der Waals surface area contributed by atoms with E-state index in [0.717, 1.165) is 25.2 Å². The number of esters is 1. The van der Waals surface area contributed by atoms with Crippen LogP contribution in [0.3, 0.4) is 0 Å². The molecule has 2 aromatic heterocycles. The average molecular weight is 517 g/mol. The molecule has 146 valence electrons. The van der Waals surface area contributed by atoms with E-state index in [-0.39, 0.29) is 12.5 Å². The highest BCUT2D eigenvalue weighted by Crippen LogP contribution is 2.30. The third-order valence-electron chi connectivity index (χ3n) is 4.21. The van der Waals surface area contributed by atoms with Crippen molar-refractivity contribution in [3.63, 3.8) is 0 Å². The Balaban J connectivity index is 1.46. The summed E-state index contributed by atoms with van der Waals surface area (Å²) in [7, 11) is 0. The summed E-state index contributed by atoms with van der Waals surface area (Å²) in [5.41, 5.74) is 2.41. The maximum atomic E-state index is 12.5. The molecule has 0 unspecified atom stereocenters. The molecule has 0 fully saturated rings. The fourth-order valence-corrected chi connectivity index (χ4v) is 4.26. The van der Waals surface area contributed by atoms with Gasteiger partial charge in [0.15, 0.2) is 6.61 Å². The highest BCUT2D eigenvalue weighted by molar-refractivity contribution is 14.1. The summed E-state index contributed by atoms with van der Waals surface area (Å²) >= 11 is 3.49. The van der Waals surface area contributed by atoms with Crippen molar-refractivity contribution in [1.29, 1.82) is 0 Å². The van der Waals surface area contributed by atoms with Crippen LogP contribution >= 0.6 is 33.9 Å². The number of fused-ring (bicyclic) bond motifs is 1. The molecule has 4 rings (SSSR count). The number of aryl methyl sites for hydroxylation is 1. The highest BCUT2D eigenvalue weighted by atomic mass is 127.